The quantitative estimate of drug-likeness (QED) is 0.774. The zero-order chi connectivity index (χ0) is 18.6. The largest absolute Gasteiger partial charge is 0.479 e. The molecule has 132 valence electrons. The molecule has 1 N–H and O–H groups in total. The first kappa shape index (κ1) is 19.1. The highest BCUT2D eigenvalue weighted by Crippen LogP contribution is 2.28. The second-order valence-corrected chi connectivity index (χ2v) is 6.19. The number of nitrogens with one attached hydrogen (secondary N) is 1. The topological polar surface area (TPSA) is 64.6 Å². The van der Waals surface area contributed by atoms with Gasteiger partial charge in [-0.2, -0.15) is 0 Å². The highest BCUT2D eigenvalue weighted by atomic mass is 35.5. The molecule has 2 aromatic carbocycles. The van der Waals surface area contributed by atoms with Gasteiger partial charge < -0.3 is 14.8 Å². The molecular weight excluding hydrogens is 365 g/mol. The monoisotopic (exact) mass is 381 g/mol. The Hall–Kier alpha value is -2.24. The number of methoxy groups -OCH3 is 1. The number of carbonyl (C=O) groups is 2. The Balaban J connectivity index is 2.12. The Labute approximate surface area is 155 Å². The van der Waals surface area contributed by atoms with Crippen molar-refractivity contribution in [3.05, 3.63) is 57.6 Å². The minimum Gasteiger partial charge on any atom is -0.479 e. The number of hydrogen-bond acceptors (Lipinski definition) is 4. The zero-order valence-corrected chi connectivity index (χ0v) is 15.4. The number of esters is 1. The van der Waals surface area contributed by atoms with Gasteiger partial charge in [0, 0.05) is 10.7 Å². The summed E-state index contributed by atoms with van der Waals surface area (Å²) >= 11 is 11.9. The van der Waals surface area contributed by atoms with Crippen LogP contribution in [0.15, 0.2) is 36.4 Å². The molecule has 5 nitrogen and oxygen atoms in total. The minimum absolute atomic E-state index is 0.316. The molecule has 2 rings (SSSR count). The second-order valence-electron chi connectivity index (χ2n) is 5.35. The van der Waals surface area contributed by atoms with E-state index in [2.05, 4.69) is 10.1 Å². The molecule has 1 atom stereocenters. The number of halogens is 2. The molecule has 0 saturated heterocycles. The highest BCUT2D eigenvalue weighted by molar-refractivity contribution is 6.35. The van der Waals surface area contributed by atoms with E-state index in [0.717, 1.165) is 5.56 Å². The van der Waals surface area contributed by atoms with Gasteiger partial charge in [-0.15, -0.1) is 0 Å². The van der Waals surface area contributed by atoms with Crippen LogP contribution in [-0.4, -0.2) is 25.1 Å². The molecule has 0 aromatic heterocycles. The van der Waals surface area contributed by atoms with E-state index in [4.69, 9.17) is 27.9 Å². The van der Waals surface area contributed by atoms with Crippen molar-refractivity contribution in [3.8, 4) is 5.75 Å². The highest BCUT2D eigenvalue weighted by Gasteiger charge is 2.18. The van der Waals surface area contributed by atoms with E-state index in [1.807, 2.05) is 6.92 Å². The van der Waals surface area contributed by atoms with Gasteiger partial charge >= 0.3 is 5.97 Å². The summed E-state index contributed by atoms with van der Waals surface area (Å²) in [4.78, 5) is 24.0. The van der Waals surface area contributed by atoms with Crippen LogP contribution in [-0.2, 0) is 9.53 Å². The maximum Gasteiger partial charge on any atom is 0.337 e. The number of ether oxygens (including phenoxy) is 2. The predicted octanol–water partition coefficient (Wildman–Crippen LogP) is 4.49. The van der Waals surface area contributed by atoms with Crippen LogP contribution in [0, 0.1) is 6.92 Å². The summed E-state index contributed by atoms with van der Waals surface area (Å²) in [5, 5.41) is 3.53. The van der Waals surface area contributed by atoms with Crippen molar-refractivity contribution in [1.29, 1.82) is 0 Å². The first-order chi connectivity index (χ1) is 11.8. The molecule has 0 fully saturated rings. The Bertz CT molecular complexity index is 808. The van der Waals surface area contributed by atoms with Crippen LogP contribution in [0.4, 0.5) is 5.69 Å². The Morgan fingerprint density at radius 1 is 1.12 bits per heavy atom. The van der Waals surface area contributed by atoms with Crippen molar-refractivity contribution >= 4 is 40.8 Å². The van der Waals surface area contributed by atoms with Crippen LogP contribution in [0.3, 0.4) is 0 Å². The molecule has 1 amide bonds. The molecule has 0 bridgehead atoms. The first-order valence-corrected chi connectivity index (χ1v) is 8.19. The average molecular weight is 382 g/mol. The lowest BCUT2D eigenvalue weighted by Gasteiger charge is -2.17. The van der Waals surface area contributed by atoms with E-state index >= 15 is 0 Å². The standard InChI is InChI=1S/C18H17Cl2NO4/c1-10-4-5-12(18(23)24-3)8-15(10)21-17(22)11(2)25-16-7-6-13(19)9-14(16)20/h4-9,11H,1-3H3,(H,21,22)/t11-/m1/s1. The van der Waals surface area contributed by atoms with E-state index in [1.165, 1.54) is 13.2 Å². The van der Waals surface area contributed by atoms with Crippen molar-refractivity contribution in [3.63, 3.8) is 0 Å². The Kier molecular flexibility index (Phi) is 6.28. The number of rotatable bonds is 5. The van der Waals surface area contributed by atoms with E-state index in [9.17, 15) is 9.59 Å². The molecule has 0 aliphatic heterocycles. The van der Waals surface area contributed by atoms with Crippen molar-refractivity contribution in [2.24, 2.45) is 0 Å². The van der Waals surface area contributed by atoms with E-state index < -0.39 is 12.1 Å². The summed E-state index contributed by atoms with van der Waals surface area (Å²) < 4.78 is 10.3. The van der Waals surface area contributed by atoms with Crippen LogP contribution in [0.2, 0.25) is 10.0 Å². The van der Waals surface area contributed by atoms with Gasteiger partial charge in [0.2, 0.25) is 0 Å². The second kappa shape index (κ2) is 8.23. The summed E-state index contributed by atoms with van der Waals surface area (Å²) in [7, 11) is 1.30. The molecule has 7 heteroatoms. The van der Waals surface area contributed by atoms with Gasteiger partial charge in [-0.05, 0) is 49.7 Å². The fourth-order valence-corrected chi connectivity index (χ4v) is 2.50. The summed E-state index contributed by atoms with van der Waals surface area (Å²) in [6.07, 6.45) is -0.806. The minimum atomic E-state index is -0.806. The molecule has 0 aliphatic carbocycles. The lowest BCUT2D eigenvalue weighted by Crippen LogP contribution is -2.30. The summed E-state index contributed by atoms with van der Waals surface area (Å²) in [6, 6.07) is 9.66. The Morgan fingerprint density at radius 3 is 2.48 bits per heavy atom. The summed E-state index contributed by atoms with van der Waals surface area (Å²) in [6.45, 7) is 3.41. The fraction of sp³-hybridized carbons (Fsp3) is 0.222. The normalized spacial score (nSPS) is 11.6. The third-order valence-electron chi connectivity index (χ3n) is 3.48. The lowest BCUT2D eigenvalue weighted by molar-refractivity contribution is -0.122. The molecule has 0 radical (unpaired) electrons. The van der Waals surface area contributed by atoms with Gasteiger partial charge in [0.25, 0.3) is 5.91 Å². The van der Waals surface area contributed by atoms with Crippen molar-refractivity contribution < 1.29 is 19.1 Å². The fourth-order valence-electron chi connectivity index (χ4n) is 2.05. The van der Waals surface area contributed by atoms with Crippen LogP contribution >= 0.6 is 23.2 Å². The van der Waals surface area contributed by atoms with E-state index in [-0.39, 0.29) is 5.91 Å². The zero-order valence-electron chi connectivity index (χ0n) is 13.9. The van der Waals surface area contributed by atoms with Crippen molar-refractivity contribution in [2.75, 3.05) is 12.4 Å². The van der Waals surface area contributed by atoms with Gasteiger partial charge in [-0.1, -0.05) is 29.3 Å². The molecule has 25 heavy (non-hydrogen) atoms. The number of carbonyl (C=O) groups excluding carboxylic acids is 2. The van der Waals surface area contributed by atoms with Crippen molar-refractivity contribution in [1.82, 2.24) is 0 Å². The molecule has 0 saturated carbocycles. The third-order valence-corrected chi connectivity index (χ3v) is 4.01. The van der Waals surface area contributed by atoms with Crippen LogP contribution in [0.1, 0.15) is 22.8 Å². The smallest absolute Gasteiger partial charge is 0.337 e. The molecule has 2 aromatic rings. The molecule has 0 unspecified atom stereocenters. The van der Waals surface area contributed by atoms with E-state index in [1.54, 1.807) is 37.3 Å². The summed E-state index contributed by atoms with van der Waals surface area (Å²) in [5.74, 6) is -0.502. The van der Waals surface area contributed by atoms with Gasteiger partial charge in [-0.25, -0.2) is 4.79 Å². The van der Waals surface area contributed by atoms with Gasteiger partial charge in [0.15, 0.2) is 6.10 Å². The molecular formula is C18H17Cl2NO4. The van der Waals surface area contributed by atoms with Crippen LogP contribution in [0.25, 0.3) is 0 Å². The number of hydrogen-bond donors (Lipinski definition) is 1. The maximum atomic E-state index is 12.4. The lowest BCUT2D eigenvalue weighted by atomic mass is 10.1. The maximum absolute atomic E-state index is 12.4. The molecule has 0 aliphatic rings. The number of anilines is 1. The third kappa shape index (κ3) is 4.87. The van der Waals surface area contributed by atoms with Crippen LogP contribution in [0.5, 0.6) is 5.75 Å². The van der Waals surface area contributed by atoms with E-state index in [0.29, 0.717) is 27.0 Å². The predicted molar refractivity (Wildman–Crippen MR) is 97.7 cm³/mol. The summed E-state index contributed by atoms with van der Waals surface area (Å²) in [5.41, 5.74) is 1.65. The number of benzene rings is 2. The average Bonchev–Trinajstić information content (AvgIpc) is 2.58. The Morgan fingerprint density at radius 2 is 1.84 bits per heavy atom. The van der Waals surface area contributed by atoms with Gasteiger partial charge in [0.1, 0.15) is 5.75 Å². The number of aryl methyl sites for hydroxylation is 1. The van der Waals surface area contributed by atoms with Gasteiger partial charge in [0.05, 0.1) is 17.7 Å². The first-order valence-electron chi connectivity index (χ1n) is 7.43. The van der Waals surface area contributed by atoms with Crippen molar-refractivity contribution in [2.45, 2.75) is 20.0 Å². The molecule has 0 spiro atoms. The molecule has 0 heterocycles. The number of amides is 1. The SMILES string of the molecule is COC(=O)c1ccc(C)c(NC(=O)[C@@H](C)Oc2ccc(Cl)cc2Cl)c1. The van der Waals surface area contributed by atoms with Crippen LogP contribution < -0.4 is 10.1 Å². The van der Waals surface area contributed by atoms with Gasteiger partial charge in [-0.3, -0.25) is 4.79 Å².